The van der Waals surface area contributed by atoms with Gasteiger partial charge in [0.15, 0.2) is 16.7 Å². The lowest BCUT2D eigenvalue weighted by Gasteiger charge is -2.13. The first kappa shape index (κ1) is 21.6. The standard InChI is InChI=1S/C23H24N2O4S/c1-5-13-29-19-12-7-16(14-20(19)28-6-2)15-21-22(26)25(3)23(30-21)24-17-8-10-18(27-4)11-9-17/h1,7-12,14,21H,6,13,15H2,2-4H3/t21-/m0/s1. The largest absolute Gasteiger partial charge is 0.497 e. The third kappa shape index (κ3) is 5.08. The zero-order valence-electron chi connectivity index (χ0n) is 17.3. The summed E-state index contributed by atoms with van der Waals surface area (Å²) in [6.07, 6.45) is 5.83. The van der Waals surface area contributed by atoms with Gasteiger partial charge in [0.1, 0.15) is 12.4 Å². The van der Waals surface area contributed by atoms with E-state index in [1.807, 2.05) is 49.4 Å². The number of benzene rings is 2. The first-order chi connectivity index (χ1) is 14.5. The van der Waals surface area contributed by atoms with Crippen LogP contribution >= 0.6 is 11.8 Å². The number of carbonyl (C=O) groups excluding carboxylic acids is 1. The summed E-state index contributed by atoms with van der Waals surface area (Å²) >= 11 is 1.46. The second-order valence-electron chi connectivity index (χ2n) is 6.51. The van der Waals surface area contributed by atoms with Gasteiger partial charge in [-0.15, -0.1) is 6.42 Å². The summed E-state index contributed by atoms with van der Waals surface area (Å²) in [6.45, 7) is 2.59. The highest BCUT2D eigenvalue weighted by Crippen LogP contribution is 2.34. The van der Waals surface area contributed by atoms with Gasteiger partial charge in [-0.1, -0.05) is 23.7 Å². The minimum atomic E-state index is -0.251. The van der Waals surface area contributed by atoms with E-state index in [2.05, 4.69) is 10.9 Å². The van der Waals surface area contributed by atoms with Crippen LogP contribution in [0.1, 0.15) is 12.5 Å². The number of carbonyl (C=O) groups is 1. The van der Waals surface area contributed by atoms with Crippen LogP contribution in [0.2, 0.25) is 0 Å². The van der Waals surface area contributed by atoms with E-state index in [0.717, 1.165) is 17.0 Å². The monoisotopic (exact) mass is 424 g/mol. The van der Waals surface area contributed by atoms with Gasteiger partial charge in [-0.05, 0) is 55.3 Å². The molecule has 0 N–H and O–H groups in total. The number of rotatable bonds is 8. The Morgan fingerprint density at radius 3 is 2.60 bits per heavy atom. The van der Waals surface area contributed by atoms with Gasteiger partial charge in [0.25, 0.3) is 0 Å². The molecule has 2 aromatic rings. The van der Waals surface area contributed by atoms with Crippen LogP contribution in [0, 0.1) is 12.3 Å². The van der Waals surface area contributed by atoms with Crippen molar-refractivity contribution in [3.63, 3.8) is 0 Å². The molecule has 7 heteroatoms. The molecule has 30 heavy (non-hydrogen) atoms. The van der Waals surface area contributed by atoms with Crippen LogP contribution in [0.4, 0.5) is 5.69 Å². The van der Waals surface area contributed by atoms with E-state index >= 15 is 0 Å². The molecule has 156 valence electrons. The van der Waals surface area contributed by atoms with Crippen LogP contribution in [0.3, 0.4) is 0 Å². The van der Waals surface area contributed by atoms with E-state index in [-0.39, 0.29) is 17.8 Å². The third-order valence-corrected chi connectivity index (χ3v) is 5.71. The first-order valence-corrected chi connectivity index (χ1v) is 10.4. The van der Waals surface area contributed by atoms with Gasteiger partial charge in [-0.2, -0.15) is 0 Å². The van der Waals surface area contributed by atoms with Gasteiger partial charge in [0.05, 0.1) is 24.7 Å². The lowest BCUT2D eigenvalue weighted by Crippen LogP contribution is -2.28. The molecule has 6 nitrogen and oxygen atoms in total. The molecule has 0 spiro atoms. The molecular formula is C23H24N2O4S. The fourth-order valence-electron chi connectivity index (χ4n) is 2.96. The summed E-state index contributed by atoms with van der Waals surface area (Å²) < 4.78 is 16.4. The molecule has 1 amide bonds. The lowest BCUT2D eigenvalue weighted by atomic mass is 10.1. The lowest BCUT2D eigenvalue weighted by molar-refractivity contribution is -0.125. The van der Waals surface area contributed by atoms with Crippen molar-refractivity contribution in [2.24, 2.45) is 4.99 Å². The van der Waals surface area contributed by atoms with Gasteiger partial charge in [0, 0.05) is 7.05 Å². The Labute approximate surface area is 181 Å². The summed E-state index contributed by atoms with van der Waals surface area (Å²) in [7, 11) is 3.37. The minimum Gasteiger partial charge on any atom is -0.497 e. The van der Waals surface area contributed by atoms with Crippen molar-refractivity contribution in [2.45, 2.75) is 18.6 Å². The van der Waals surface area contributed by atoms with Crippen molar-refractivity contribution in [1.29, 1.82) is 0 Å². The average Bonchev–Trinajstić information content (AvgIpc) is 3.01. The summed E-state index contributed by atoms with van der Waals surface area (Å²) in [5.41, 5.74) is 1.75. The highest BCUT2D eigenvalue weighted by molar-refractivity contribution is 8.15. The van der Waals surface area contributed by atoms with Gasteiger partial charge in [0.2, 0.25) is 5.91 Å². The third-order valence-electron chi connectivity index (χ3n) is 4.48. The molecule has 0 radical (unpaired) electrons. The number of terminal acetylenes is 1. The van der Waals surface area contributed by atoms with Gasteiger partial charge in [-0.3, -0.25) is 9.69 Å². The van der Waals surface area contributed by atoms with E-state index in [1.165, 1.54) is 11.8 Å². The summed E-state index contributed by atoms with van der Waals surface area (Å²) in [6, 6.07) is 13.1. The quantitative estimate of drug-likeness (QED) is 0.602. The maximum Gasteiger partial charge on any atom is 0.242 e. The van der Waals surface area contributed by atoms with Crippen LogP contribution in [0.5, 0.6) is 17.2 Å². The Kier molecular flexibility index (Phi) is 7.26. The Balaban J connectivity index is 1.75. The molecule has 1 atom stereocenters. The smallest absolute Gasteiger partial charge is 0.242 e. The number of nitrogens with zero attached hydrogens (tertiary/aromatic N) is 2. The molecule has 1 aliphatic rings. The molecule has 1 saturated heterocycles. The molecule has 1 heterocycles. The van der Waals surface area contributed by atoms with E-state index in [4.69, 9.17) is 20.6 Å². The van der Waals surface area contributed by atoms with Crippen LogP contribution < -0.4 is 14.2 Å². The Hall–Kier alpha value is -3.11. The topological polar surface area (TPSA) is 60.4 Å². The predicted molar refractivity (Wildman–Crippen MR) is 120 cm³/mol. The number of amidine groups is 1. The number of hydrogen-bond donors (Lipinski definition) is 0. The number of aliphatic imine (C=N–C) groups is 1. The van der Waals surface area contributed by atoms with Crippen molar-refractivity contribution < 1.29 is 19.0 Å². The highest BCUT2D eigenvalue weighted by Gasteiger charge is 2.35. The van der Waals surface area contributed by atoms with Crippen molar-refractivity contribution in [3.05, 3.63) is 48.0 Å². The van der Waals surface area contributed by atoms with Crippen molar-refractivity contribution in [3.8, 4) is 29.6 Å². The van der Waals surface area contributed by atoms with Crippen LogP contribution in [0.25, 0.3) is 0 Å². The first-order valence-electron chi connectivity index (χ1n) is 9.54. The fourth-order valence-corrected chi connectivity index (χ4v) is 4.16. The predicted octanol–water partition coefficient (Wildman–Crippen LogP) is 3.91. The molecule has 1 aliphatic heterocycles. The average molecular weight is 425 g/mol. The molecule has 3 rings (SSSR count). The molecule has 1 fully saturated rings. The summed E-state index contributed by atoms with van der Waals surface area (Å²) in [5.74, 6) is 4.46. The highest BCUT2D eigenvalue weighted by atomic mass is 32.2. The molecule has 0 saturated carbocycles. The molecule has 0 aromatic heterocycles. The summed E-state index contributed by atoms with van der Waals surface area (Å²) in [4.78, 5) is 19.0. The van der Waals surface area contributed by atoms with Crippen molar-refractivity contribution in [2.75, 3.05) is 27.4 Å². The molecule has 0 aliphatic carbocycles. The molecular weight excluding hydrogens is 400 g/mol. The second kappa shape index (κ2) is 10.1. The number of ether oxygens (including phenoxy) is 3. The Bertz CT molecular complexity index is 966. The van der Waals surface area contributed by atoms with E-state index in [9.17, 15) is 4.79 Å². The maximum atomic E-state index is 12.8. The van der Waals surface area contributed by atoms with Gasteiger partial charge >= 0.3 is 0 Å². The Morgan fingerprint density at radius 1 is 1.17 bits per heavy atom. The van der Waals surface area contributed by atoms with E-state index < -0.39 is 0 Å². The van der Waals surface area contributed by atoms with E-state index in [0.29, 0.717) is 29.7 Å². The second-order valence-corrected chi connectivity index (χ2v) is 7.68. The molecule has 0 unspecified atom stereocenters. The van der Waals surface area contributed by atoms with Gasteiger partial charge < -0.3 is 14.2 Å². The van der Waals surface area contributed by atoms with Crippen LogP contribution in [-0.2, 0) is 11.2 Å². The zero-order chi connectivity index (χ0) is 21.5. The fraction of sp³-hybridized carbons (Fsp3) is 0.304. The summed E-state index contributed by atoms with van der Waals surface area (Å²) in [5, 5.41) is 0.424. The van der Waals surface area contributed by atoms with Crippen LogP contribution in [-0.4, -0.2) is 48.6 Å². The van der Waals surface area contributed by atoms with E-state index in [1.54, 1.807) is 19.1 Å². The van der Waals surface area contributed by atoms with Crippen molar-refractivity contribution >= 4 is 28.5 Å². The normalized spacial score (nSPS) is 17.1. The maximum absolute atomic E-state index is 12.8. The number of hydrogen-bond acceptors (Lipinski definition) is 6. The number of amides is 1. The Morgan fingerprint density at radius 2 is 1.93 bits per heavy atom. The van der Waals surface area contributed by atoms with Crippen molar-refractivity contribution in [1.82, 2.24) is 4.90 Å². The molecule has 0 bridgehead atoms. The van der Waals surface area contributed by atoms with Crippen LogP contribution in [0.15, 0.2) is 47.5 Å². The zero-order valence-corrected chi connectivity index (χ0v) is 18.1. The SMILES string of the molecule is C#CCOc1ccc(C[C@@H]2SC(=Nc3ccc(OC)cc3)N(C)C2=O)cc1OCC. The minimum absolute atomic E-state index is 0.0258. The number of thioether (sulfide) groups is 1. The molecule has 2 aromatic carbocycles. The number of methoxy groups -OCH3 is 1. The van der Waals surface area contributed by atoms with Gasteiger partial charge in [-0.25, -0.2) is 4.99 Å².